The van der Waals surface area contributed by atoms with Gasteiger partial charge in [-0.25, -0.2) is 0 Å². The first-order valence-corrected chi connectivity index (χ1v) is 13.9. The SMILES string of the molecule is OCCCCCCCCSSSSCCCCCCCCO. The maximum Gasteiger partial charge on any atom is 0.0431 e. The van der Waals surface area contributed by atoms with E-state index in [1.54, 1.807) is 0 Å². The van der Waals surface area contributed by atoms with Crippen molar-refractivity contribution < 1.29 is 10.2 Å². The third-order valence-electron chi connectivity index (χ3n) is 3.40. The van der Waals surface area contributed by atoms with Crippen LogP contribution < -0.4 is 0 Å². The highest BCUT2D eigenvalue weighted by Gasteiger charge is 1.96. The third kappa shape index (κ3) is 21.3. The average Bonchev–Trinajstić information content (AvgIpc) is 2.54. The summed E-state index contributed by atoms with van der Waals surface area (Å²) >= 11 is 0. The number of unbranched alkanes of at least 4 members (excludes halogenated alkanes) is 10. The molecular formula is C16H34O2S4. The lowest BCUT2D eigenvalue weighted by Crippen LogP contribution is -1.84. The second-order valence-corrected chi connectivity index (χ2v) is 11.7. The molecule has 0 heterocycles. The Labute approximate surface area is 152 Å². The van der Waals surface area contributed by atoms with E-state index in [1.807, 2.05) is 41.2 Å². The number of hydrogen-bond acceptors (Lipinski definition) is 6. The van der Waals surface area contributed by atoms with Gasteiger partial charge in [-0.1, -0.05) is 73.0 Å². The summed E-state index contributed by atoms with van der Waals surface area (Å²) in [7, 11) is 7.86. The van der Waals surface area contributed by atoms with E-state index in [0.29, 0.717) is 13.2 Å². The van der Waals surface area contributed by atoms with Gasteiger partial charge in [0.2, 0.25) is 0 Å². The molecule has 0 unspecified atom stereocenters. The van der Waals surface area contributed by atoms with Crippen LogP contribution in [0.25, 0.3) is 0 Å². The van der Waals surface area contributed by atoms with Crippen molar-refractivity contribution in [2.75, 3.05) is 24.7 Å². The molecule has 134 valence electrons. The van der Waals surface area contributed by atoms with E-state index in [0.717, 1.165) is 12.8 Å². The lowest BCUT2D eigenvalue weighted by Gasteiger charge is -2.02. The Morgan fingerprint density at radius 1 is 0.409 bits per heavy atom. The van der Waals surface area contributed by atoms with E-state index in [4.69, 9.17) is 10.2 Å². The molecule has 0 aromatic heterocycles. The fraction of sp³-hybridized carbons (Fsp3) is 1.00. The Bertz CT molecular complexity index is 177. The zero-order valence-corrected chi connectivity index (χ0v) is 17.1. The smallest absolute Gasteiger partial charge is 0.0431 e. The maximum absolute atomic E-state index is 8.68. The minimum absolute atomic E-state index is 0.352. The largest absolute Gasteiger partial charge is 0.396 e. The van der Waals surface area contributed by atoms with Gasteiger partial charge in [0, 0.05) is 24.7 Å². The molecule has 0 aliphatic rings. The van der Waals surface area contributed by atoms with Crippen LogP contribution in [0.15, 0.2) is 0 Å². The Balaban J connectivity index is 2.91. The average molecular weight is 387 g/mol. The normalized spacial score (nSPS) is 11.2. The van der Waals surface area contributed by atoms with Crippen LogP contribution in [0.4, 0.5) is 0 Å². The Morgan fingerprint density at radius 3 is 1.09 bits per heavy atom. The molecule has 0 aromatic carbocycles. The van der Waals surface area contributed by atoms with Crippen molar-refractivity contribution in [1.82, 2.24) is 0 Å². The number of rotatable bonds is 19. The molecule has 0 aliphatic heterocycles. The van der Waals surface area contributed by atoms with Crippen LogP contribution in [0.5, 0.6) is 0 Å². The van der Waals surface area contributed by atoms with Crippen LogP contribution in [0.1, 0.15) is 77.0 Å². The van der Waals surface area contributed by atoms with Crippen LogP contribution in [0.2, 0.25) is 0 Å². The van der Waals surface area contributed by atoms with E-state index >= 15 is 0 Å². The van der Waals surface area contributed by atoms with Crippen LogP contribution in [-0.2, 0) is 0 Å². The lowest BCUT2D eigenvalue weighted by atomic mass is 10.1. The van der Waals surface area contributed by atoms with Crippen molar-refractivity contribution in [3.63, 3.8) is 0 Å². The summed E-state index contributed by atoms with van der Waals surface area (Å²) in [4.78, 5) is 0. The molecular weight excluding hydrogens is 352 g/mol. The summed E-state index contributed by atoms with van der Waals surface area (Å²) < 4.78 is 0. The minimum atomic E-state index is 0.352. The summed E-state index contributed by atoms with van der Waals surface area (Å²) in [6.07, 6.45) is 14.9. The molecule has 0 aromatic rings. The lowest BCUT2D eigenvalue weighted by molar-refractivity contribution is 0.282. The molecule has 0 saturated heterocycles. The van der Waals surface area contributed by atoms with Gasteiger partial charge in [0.15, 0.2) is 0 Å². The van der Waals surface area contributed by atoms with Crippen LogP contribution in [-0.4, -0.2) is 34.9 Å². The van der Waals surface area contributed by atoms with Crippen LogP contribution in [0.3, 0.4) is 0 Å². The third-order valence-corrected chi connectivity index (χ3v) is 10.0. The molecule has 22 heavy (non-hydrogen) atoms. The quantitative estimate of drug-likeness (QED) is 0.200. The van der Waals surface area contributed by atoms with Crippen molar-refractivity contribution in [2.24, 2.45) is 0 Å². The summed E-state index contributed by atoms with van der Waals surface area (Å²) in [5.74, 6) is 2.53. The summed E-state index contributed by atoms with van der Waals surface area (Å²) in [5.41, 5.74) is 0. The van der Waals surface area contributed by atoms with Gasteiger partial charge in [0.1, 0.15) is 0 Å². The molecule has 0 spiro atoms. The molecule has 0 atom stereocenters. The van der Waals surface area contributed by atoms with E-state index < -0.39 is 0 Å². The fourth-order valence-corrected chi connectivity index (χ4v) is 8.33. The molecule has 0 amide bonds. The van der Waals surface area contributed by atoms with E-state index in [1.165, 1.54) is 75.7 Å². The standard InChI is InChI=1S/C16H34O2S4/c17-13-9-5-1-3-7-11-15-19-21-22-20-16-12-8-4-2-6-10-14-18/h17-18H,1-16H2. The summed E-state index contributed by atoms with van der Waals surface area (Å²) in [5, 5.41) is 17.4. The van der Waals surface area contributed by atoms with Gasteiger partial charge in [-0.3, -0.25) is 0 Å². The topological polar surface area (TPSA) is 40.5 Å². The van der Waals surface area contributed by atoms with Crippen molar-refractivity contribution in [3.05, 3.63) is 0 Å². The highest BCUT2D eigenvalue weighted by Crippen LogP contribution is 2.43. The predicted molar refractivity (Wildman–Crippen MR) is 110 cm³/mol. The molecule has 0 aliphatic carbocycles. The van der Waals surface area contributed by atoms with Crippen molar-refractivity contribution in [2.45, 2.75) is 77.0 Å². The van der Waals surface area contributed by atoms with Gasteiger partial charge >= 0.3 is 0 Å². The summed E-state index contributed by atoms with van der Waals surface area (Å²) in [6, 6.07) is 0. The van der Waals surface area contributed by atoms with E-state index in [9.17, 15) is 0 Å². The molecule has 0 radical (unpaired) electrons. The van der Waals surface area contributed by atoms with Crippen LogP contribution >= 0.6 is 41.2 Å². The molecule has 0 fully saturated rings. The van der Waals surface area contributed by atoms with Gasteiger partial charge in [0.25, 0.3) is 0 Å². The van der Waals surface area contributed by atoms with Crippen LogP contribution in [0, 0.1) is 0 Å². The monoisotopic (exact) mass is 386 g/mol. The Morgan fingerprint density at radius 2 is 0.727 bits per heavy atom. The fourth-order valence-electron chi connectivity index (χ4n) is 2.07. The van der Waals surface area contributed by atoms with Gasteiger partial charge in [-0.15, -0.1) is 0 Å². The van der Waals surface area contributed by atoms with Gasteiger partial charge in [0.05, 0.1) is 0 Å². The number of aliphatic hydroxyl groups is 2. The number of hydrogen-bond donors (Lipinski definition) is 2. The molecule has 6 heteroatoms. The second kappa shape index (κ2) is 22.3. The van der Waals surface area contributed by atoms with Crippen molar-refractivity contribution >= 4 is 41.2 Å². The molecule has 0 rings (SSSR count). The Hall–Kier alpha value is 1.32. The minimum Gasteiger partial charge on any atom is -0.396 e. The first kappa shape index (κ1) is 23.3. The van der Waals surface area contributed by atoms with Gasteiger partial charge in [-0.2, -0.15) is 0 Å². The Kier molecular flexibility index (Phi) is 23.7. The molecule has 2 nitrogen and oxygen atoms in total. The van der Waals surface area contributed by atoms with Crippen molar-refractivity contribution in [3.8, 4) is 0 Å². The highest BCUT2D eigenvalue weighted by molar-refractivity contribution is 9.26. The van der Waals surface area contributed by atoms with Gasteiger partial charge < -0.3 is 10.2 Å². The second-order valence-electron chi connectivity index (χ2n) is 5.47. The first-order valence-electron chi connectivity index (χ1n) is 8.71. The summed E-state index contributed by atoms with van der Waals surface area (Å²) in [6.45, 7) is 0.705. The highest BCUT2D eigenvalue weighted by atomic mass is 33.7. The molecule has 2 N–H and O–H groups in total. The molecule has 0 bridgehead atoms. The van der Waals surface area contributed by atoms with E-state index in [2.05, 4.69) is 0 Å². The van der Waals surface area contributed by atoms with Gasteiger partial charge in [-0.05, 0) is 45.3 Å². The zero-order chi connectivity index (χ0) is 16.1. The maximum atomic E-state index is 8.68. The zero-order valence-electron chi connectivity index (χ0n) is 13.8. The predicted octanol–water partition coefficient (Wildman–Crippen LogP) is 6.33. The van der Waals surface area contributed by atoms with Crippen molar-refractivity contribution in [1.29, 1.82) is 0 Å². The first-order chi connectivity index (χ1) is 10.9. The molecule has 0 saturated carbocycles. The van der Waals surface area contributed by atoms with E-state index in [-0.39, 0.29) is 0 Å². The number of aliphatic hydroxyl groups excluding tert-OH is 2.